The summed E-state index contributed by atoms with van der Waals surface area (Å²) in [5, 5.41) is 2.98. The van der Waals surface area contributed by atoms with Crippen LogP contribution >= 0.6 is 0 Å². The van der Waals surface area contributed by atoms with Crippen molar-refractivity contribution in [2.45, 2.75) is 57.2 Å². The van der Waals surface area contributed by atoms with Crippen molar-refractivity contribution in [3.05, 3.63) is 18.2 Å². The number of rotatable bonds is 7. The number of carbonyl (C=O) groups is 1. The van der Waals surface area contributed by atoms with Gasteiger partial charge in [0.1, 0.15) is 0 Å². The van der Waals surface area contributed by atoms with Crippen LogP contribution in [0.1, 0.15) is 50.3 Å². The average molecular weight is 306 g/mol. The van der Waals surface area contributed by atoms with E-state index in [4.69, 9.17) is 4.74 Å². The van der Waals surface area contributed by atoms with Crippen molar-refractivity contribution >= 4 is 6.03 Å². The summed E-state index contributed by atoms with van der Waals surface area (Å²) in [7, 11) is 1.85. The number of aromatic nitrogens is 2. The lowest BCUT2D eigenvalue weighted by Gasteiger charge is -2.19. The van der Waals surface area contributed by atoms with Crippen LogP contribution in [-0.2, 0) is 11.3 Å². The van der Waals surface area contributed by atoms with Gasteiger partial charge in [0.2, 0.25) is 0 Å². The summed E-state index contributed by atoms with van der Waals surface area (Å²) in [4.78, 5) is 18.1. The SMILES string of the molecule is CN(CCC[C@H]1CCCO1)C(=O)NCc1cncn1C1CC1. The first-order valence-corrected chi connectivity index (χ1v) is 8.35. The quantitative estimate of drug-likeness (QED) is 0.841. The molecule has 1 saturated carbocycles. The smallest absolute Gasteiger partial charge is 0.317 e. The van der Waals surface area contributed by atoms with E-state index in [9.17, 15) is 4.79 Å². The number of amides is 2. The molecule has 1 atom stereocenters. The van der Waals surface area contributed by atoms with Crippen molar-refractivity contribution in [1.29, 1.82) is 0 Å². The molecule has 2 heterocycles. The molecule has 1 aliphatic heterocycles. The van der Waals surface area contributed by atoms with Crippen molar-refractivity contribution in [3.8, 4) is 0 Å². The minimum Gasteiger partial charge on any atom is -0.378 e. The highest BCUT2D eigenvalue weighted by molar-refractivity contribution is 5.73. The van der Waals surface area contributed by atoms with E-state index in [0.29, 0.717) is 18.7 Å². The van der Waals surface area contributed by atoms with Crippen LogP contribution in [0.2, 0.25) is 0 Å². The van der Waals surface area contributed by atoms with Crippen LogP contribution in [0.5, 0.6) is 0 Å². The molecule has 122 valence electrons. The van der Waals surface area contributed by atoms with Crippen LogP contribution in [0, 0.1) is 0 Å². The van der Waals surface area contributed by atoms with Gasteiger partial charge in [-0.15, -0.1) is 0 Å². The summed E-state index contributed by atoms with van der Waals surface area (Å²) in [6, 6.07) is 0.578. The first kappa shape index (κ1) is 15.3. The van der Waals surface area contributed by atoms with E-state index in [0.717, 1.165) is 31.7 Å². The highest BCUT2D eigenvalue weighted by Gasteiger charge is 2.25. The highest BCUT2D eigenvalue weighted by Crippen LogP contribution is 2.35. The number of ether oxygens (including phenoxy) is 1. The Kier molecular flexibility index (Phi) is 4.97. The molecule has 6 nitrogen and oxygen atoms in total. The molecule has 2 fully saturated rings. The summed E-state index contributed by atoms with van der Waals surface area (Å²) in [5.74, 6) is 0. The predicted molar refractivity (Wildman–Crippen MR) is 83.6 cm³/mol. The van der Waals surface area contributed by atoms with E-state index in [1.807, 2.05) is 19.6 Å². The molecule has 2 amide bonds. The van der Waals surface area contributed by atoms with Gasteiger partial charge < -0.3 is 19.5 Å². The third-order valence-corrected chi connectivity index (χ3v) is 4.50. The van der Waals surface area contributed by atoms with Crippen molar-refractivity contribution in [3.63, 3.8) is 0 Å². The zero-order valence-electron chi connectivity index (χ0n) is 13.3. The summed E-state index contributed by atoms with van der Waals surface area (Å²) < 4.78 is 7.78. The number of nitrogens with one attached hydrogen (secondary N) is 1. The minimum absolute atomic E-state index is 0.0177. The van der Waals surface area contributed by atoms with Crippen LogP contribution in [0.4, 0.5) is 4.79 Å². The Balaban J connectivity index is 1.36. The molecule has 0 radical (unpaired) electrons. The second-order valence-corrected chi connectivity index (χ2v) is 6.38. The average Bonchev–Trinajstić information content (AvgIpc) is 3.03. The van der Waals surface area contributed by atoms with Crippen LogP contribution < -0.4 is 5.32 Å². The van der Waals surface area contributed by atoms with Gasteiger partial charge in [0.15, 0.2) is 0 Å². The number of carbonyl (C=O) groups excluding carboxylic acids is 1. The maximum atomic E-state index is 12.1. The first-order valence-electron chi connectivity index (χ1n) is 8.35. The van der Waals surface area contributed by atoms with Crippen LogP contribution in [0.25, 0.3) is 0 Å². The largest absolute Gasteiger partial charge is 0.378 e. The number of nitrogens with zero attached hydrogens (tertiary/aromatic N) is 3. The van der Waals surface area contributed by atoms with Crippen molar-refractivity contribution in [1.82, 2.24) is 19.8 Å². The number of hydrogen-bond acceptors (Lipinski definition) is 3. The Morgan fingerprint density at radius 3 is 3.09 bits per heavy atom. The van der Waals surface area contributed by atoms with Gasteiger partial charge in [-0.25, -0.2) is 9.78 Å². The molecular weight excluding hydrogens is 280 g/mol. The normalized spacial score (nSPS) is 21.0. The van der Waals surface area contributed by atoms with E-state index in [-0.39, 0.29) is 6.03 Å². The standard InChI is InChI=1S/C16H26N4O2/c1-19(8-2-4-15-5-3-9-22-15)16(21)18-11-14-10-17-12-20(14)13-6-7-13/h10,12-13,15H,2-9,11H2,1H3,(H,18,21)/t15-/m0/s1. The topological polar surface area (TPSA) is 59.4 Å². The second kappa shape index (κ2) is 7.13. The molecule has 2 aliphatic rings. The van der Waals surface area contributed by atoms with Crippen LogP contribution in [0.15, 0.2) is 12.5 Å². The van der Waals surface area contributed by atoms with Crippen LogP contribution in [-0.4, -0.2) is 46.8 Å². The lowest BCUT2D eigenvalue weighted by molar-refractivity contribution is 0.100. The lowest BCUT2D eigenvalue weighted by Crippen LogP contribution is -2.37. The van der Waals surface area contributed by atoms with Gasteiger partial charge in [0.05, 0.1) is 24.7 Å². The maximum Gasteiger partial charge on any atom is 0.317 e. The number of imidazole rings is 1. The molecular formula is C16H26N4O2. The van der Waals surface area contributed by atoms with E-state index >= 15 is 0 Å². The molecule has 1 aromatic rings. The van der Waals surface area contributed by atoms with Gasteiger partial charge in [-0.1, -0.05) is 0 Å². The summed E-state index contributed by atoms with van der Waals surface area (Å²) >= 11 is 0. The Morgan fingerprint density at radius 2 is 2.36 bits per heavy atom. The van der Waals surface area contributed by atoms with Crippen molar-refractivity contribution in [2.24, 2.45) is 0 Å². The Morgan fingerprint density at radius 1 is 1.50 bits per heavy atom. The van der Waals surface area contributed by atoms with E-state index in [1.165, 1.54) is 25.7 Å². The van der Waals surface area contributed by atoms with Crippen molar-refractivity contribution in [2.75, 3.05) is 20.2 Å². The molecule has 3 rings (SSSR count). The fourth-order valence-electron chi connectivity index (χ4n) is 2.98. The Hall–Kier alpha value is -1.56. The molecule has 6 heteroatoms. The van der Waals surface area contributed by atoms with Crippen molar-refractivity contribution < 1.29 is 9.53 Å². The zero-order chi connectivity index (χ0) is 15.4. The Labute approximate surface area is 131 Å². The first-order chi connectivity index (χ1) is 10.7. The summed E-state index contributed by atoms with van der Waals surface area (Å²) in [6.45, 7) is 2.22. The number of urea groups is 1. The van der Waals surface area contributed by atoms with Gasteiger partial charge in [0, 0.05) is 32.4 Å². The van der Waals surface area contributed by atoms with Gasteiger partial charge in [-0.3, -0.25) is 0 Å². The van der Waals surface area contributed by atoms with E-state index in [1.54, 1.807) is 4.90 Å². The van der Waals surface area contributed by atoms with Crippen LogP contribution in [0.3, 0.4) is 0 Å². The van der Waals surface area contributed by atoms with Gasteiger partial charge >= 0.3 is 6.03 Å². The molecule has 0 aromatic carbocycles. The molecule has 22 heavy (non-hydrogen) atoms. The molecule has 0 spiro atoms. The predicted octanol–water partition coefficient (Wildman–Crippen LogP) is 2.32. The lowest BCUT2D eigenvalue weighted by atomic mass is 10.1. The van der Waals surface area contributed by atoms with Gasteiger partial charge in [-0.05, 0) is 38.5 Å². The molecule has 1 aromatic heterocycles. The molecule has 1 N–H and O–H groups in total. The van der Waals surface area contributed by atoms with E-state index in [2.05, 4.69) is 14.9 Å². The van der Waals surface area contributed by atoms with E-state index < -0.39 is 0 Å². The maximum absolute atomic E-state index is 12.1. The zero-order valence-corrected chi connectivity index (χ0v) is 13.3. The monoisotopic (exact) mass is 306 g/mol. The third kappa shape index (κ3) is 4.00. The summed E-state index contributed by atoms with van der Waals surface area (Å²) in [6.07, 6.45) is 10.9. The van der Waals surface area contributed by atoms with Gasteiger partial charge in [-0.2, -0.15) is 0 Å². The number of hydrogen-bond donors (Lipinski definition) is 1. The van der Waals surface area contributed by atoms with Gasteiger partial charge in [0.25, 0.3) is 0 Å². The summed E-state index contributed by atoms with van der Waals surface area (Å²) in [5.41, 5.74) is 1.09. The molecule has 0 unspecified atom stereocenters. The third-order valence-electron chi connectivity index (χ3n) is 4.50. The molecule has 1 saturated heterocycles. The minimum atomic E-state index is -0.0177. The second-order valence-electron chi connectivity index (χ2n) is 6.38. The molecule has 0 bridgehead atoms. The fourth-order valence-corrected chi connectivity index (χ4v) is 2.98. The highest BCUT2D eigenvalue weighted by atomic mass is 16.5. The fraction of sp³-hybridized carbons (Fsp3) is 0.750. The molecule has 1 aliphatic carbocycles. The Bertz CT molecular complexity index is 492.